The van der Waals surface area contributed by atoms with Gasteiger partial charge in [-0.3, -0.25) is 4.79 Å². The van der Waals surface area contributed by atoms with E-state index < -0.39 is 23.0 Å². The molecule has 1 N–H and O–H groups in total. The van der Waals surface area contributed by atoms with Gasteiger partial charge in [0.1, 0.15) is 5.75 Å². The second-order valence-corrected chi connectivity index (χ2v) is 6.64. The summed E-state index contributed by atoms with van der Waals surface area (Å²) in [6.45, 7) is 1.80. The zero-order chi connectivity index (χ0) is 21.8. The van der Waals surface area contributed by atoms with Crippen molar-refractivity contribution in [1.29, 1.82) is 0 Å². The number of methoxy groups -OCH3 is 2. The number of anilines is 2. The Morgan fingerprint density at radius 1 is 1.10 bits per heavy atom. The van der Waals surface area contributed by atoms with Crippen LogP contribution < -0.4 is 15.6 Å². The van der Waals surface area contributed by atoms with Crippen LogP contribution >= 0.6 is 0 Å². The number of ether oxygens (including phenoxy) is 2. The summed E-state index contributed by atoms with van der Waals surface area (Å²) in [5.41, 5.74) is 1.41. The van der Waals surface area contributed by atoms with Crippen LogP contribution in [0.4, 0.5) is 24.8 Å². The van der Waals surface area contributed by atoms with Crippen molar-refractivity contribution in [2.24, 2.45) is 0 Å². The van der Waals surface area contributed by atoms with E-state index >= 15 is 0 Å². The van der Waals surface area contributed by atoms with Crippen LogP contribution in [0.2, 0.25) is 0 Å². The molecule has 0 spiro atoms. The molecular formula is C21H20F3N3O3. The van der Waals surface area contributed by atoms with E-state index in [1.54, 1.807) is 25.3 Å². The van der Waals surface area contributed by atoms with Crippen molar-refractivity contribution in [3.8, 4) is 5.75 Å². The second-order valence-electron chi connectivity index (χ2n) is 6.64. The maximum atomic E-state index is 13.6. The van der Waals surface area contributed by atoms with Crippen LogP contribution in [0.25, 0.3) is 0 Å². The van der Waals surface area contributed by atoms with Gasteiger partial charge in [0, 0.05) is 19.0 Å². The molecule has 158 valence electrons. The monoisotopic (exact) mass is 419 g/mol. The number of halogens is 3. The van der Waals surface area contributed by atoms with E-state index in [2.05, 4.69) is 10.3 Å². The number of benzene rings is 2. The van der Waals surface area contributed by atoms with E-state index in [-0.39, 0.29) is 30.2 Å². The third kappa shape index (κ3) is 4.62. The van der Waals surface area contributed by atoms with E-state index in [0.29, 0.717) is 11.4 Å². The number of hydrogen-bond acceptors (Lipinski definition) is 5. The molecular weight excluding hydrogens is 399 g/mol. The van der Waals surface area contributed by atoms with E-state index in [1.165, 1.54) is 17.9 Å². The molecule has 0 atom stereocenters. The predicted molar refractivity (Wildman–Crippen MR) is 106 cm³/mol. The minimum atomic E-state index is -1.54. The lowest BCUT2D eigenvalue weighted by molar-refractivity contribution is 0.183. The molecule has 0 saturated heterocycles. The zero-order valence-electron chi connectivity index (χ0n) is 16.6. The van der Waals surface area contributed by atoms with Crippen molar-refractivity contribution in [2.75, 3.05) is 19.5 Å². The Hall–Kier alpha value is -3.33. The van der Waals surface area contributed by atoms with Crippen molar-refractivity contribution in [1.82, 2.24) is 9.55 Å². The molecule has 0 saturated carbocycles. The molecule has 0 unspecified atom stereocenters. The molecule has 0 aliphatic rings. The van der Waals surface area contributed by atoms with E-state index in [0.717, 1.165) is 17.7 Å². The summed E-state index contributed by atoms with van der Waals surface area (Å²) in [7, 11) is 2.98. The Kier molecular flexibility index (Phi) is 6.41. The van der Waals surface area contributed by atoms with Gasteiger partial charge in [-0.15, -0.1) is 0 Å². The topological polar surface area (TPSA) is 65.4 Å². The summed E-state index contributed by atoms with van der Waals surface area (Å²) in [4.78, 5) is 16.4. The van der Waals surface area contributed by atoms with Gasteiger partial charge in [0.2, 0.25) is 5.95 Å². The summed E-state index contributed by atoms with van der Waals surface area (Å²) in [5.74, 6) is -3.31. The van der Waals surface area contributed by atoms with E-state index in [1.807, 2.05) is 6.92 Å². The Labute approximate surface area is 170 Å². The van der Waals surface area contributed by atoms with Gasteiger partial charge in [0.05, 0.1) is 25.8 Å². The van der Waals surface area contributed by atoms with Crippen molar-refractivity contribution < 1.29 is 22.6 Å². The number of nitrogens with zero attached hydrogens (tertiary/aromatic N) is 2. The molecule has 0 radical (unpaired) electrons. The Bertz CT molecular complexity index is 1110. The predicted octanol–water partition coefficient (Wildman–Crippen LogP) is 3.92. The van der Waals surface area contributed by atoms with Crippen LogP contribution in [-0.4, -0.2) is 23.8 Å². The van der Waals surface area contributed by atoms with Crippen LogP contribution in [-0.2, 0) is 17.9 Å². The molecule has 0 bridgehead atoms. The largest absolute Gasteiger partial charge is 0.497 e. The summed E-state index contributed by atoms with van der Waals surface area (Å²) in [6, 6.07) is 7.09. The number of nitrogens with one attached hydrogen (secondary N) is 1. The van der Waals surface area contributed by atoms with Crippen molar-refractivity contribution in [3.63, 3.8) is 0 Å². The normalized spacial score (nSPS) is 10.9. The molecule has 6 nitrogen and oxygen atoms in total. The number of aryl methyl sites for hydroxylation is 1. The molecule has 1 heterocycles. The minimum Gasteiger partial charge on any atom is -0.497 e. The highest BCUT2D eigenvalue weighted by molar-refractivity contribution is 5.60. The van der Waals surface area contributed by atoms with Gasteiger partial charge in [-0.05, 0) is 48.4 Å². The molecule has 3 aromatic rings. The van der Waals surface area contributed by atoms with Gasteiger partial charge in [-0.2, -0.15) is 4.98 Å². The summed E-state index contributed by atoms with van der Waals surface area (Å²) in [5, 5.41) is 3.06. The summed E-state index contributed by atoms with van der Waals surface area (Å²) in [6.07, 6.45) is 1.49. The lowest BCUT2D eigenvalue weighted by Gasteiger charge is -2.17. The summed E-state index contributed by atoms with van der Waals surface area (Å²) < 4.78 is 52.3. The number of rotatable bonds is 7. The first kappa shape index (κ1) is 21.4. The molecule has 0 aliphatic carbocycles. The first-order valence-corrected chi connectivity index (χ1v) is 8.96. The van der Waals surface area contributed by atoms with E-state index in [4.69, 9.17) is 9.47 Å². The highest BCUT2D eigenvalue weighted by Gasteiger charge is 2.14. The van der Waals surface area contributed by atoms with E-state index in [9.17, 15) is 18.0 Å². The van der Waals surface area contributed by atoms with Crippen LogP contribution in [0.5, 0.6) is 5.75 Å². The third-order valence-electron chi connectivity index (χ3n) is 4.44. The zero-order valence-corrected chi connectivity index (χ0v) is 16.6. The molecule has 30 heavy (non-hydrogen) atoms. The SMILES string of the molecule is COCc1cn(Cc2cc(F)c(F)c(F)c2)c(Nc2ccc(OC)cc2C)nc1=O. The highest BCUT2D eigenvalue weighted by Crippen LogP contribution is 2.24. The minimum absolute atomic E-state index is 0.0137. The van der Waals surface area contributed by atoms with Crippen molar-refractivity contribution >= 4 is 11.6 Å². The summed E-state index contributed by atoms with van der Waals surface area (Å²) >= 11 is 0. The smallest absolute Gasteiger partial charge is 0.279 e. The lowest BCUT2D eigenvalue weighted by Crippen LogP contribution is -2.21. The molecule has 3 rings (SSSR count). The number of hydrogen-bond donors (Lipinski definition) is 1. The second kappa shape index (κ2) is 9.00. The van der Waals surface area contributed by atoms with Gasteiger partial charge in [-0.25, -0.2) is 13.2 Å². The molecule has 2 aromatic carbocycles. The average molecular weight is 419 g/mol. The van der Waals surface area contributed by atoms with Gasteiger partial charge >= 0.3 is 0 Å². The molecule has 9 heteroatoms. The van der Waals surface area contributed by atoms with Crippen molar-refractivity contribution in [3.05, 3.63) is 81.0 Å². The Morgan fingerprint density at radius 2 is 1.80 bits per heavy atom. The molecule has 0 aliphatic heterocycles. The van der Waals surface area contributed by atoms with Crippen molar-refractivity contribution in [2.45, 2.75) is 20.1 Å². The fourth-order valence-corrected chi connectivity index (χ4v) is 2.93. The van der Waals surface area contributed by atoms with Crippen LogP contribution in [0.1, 0.15) is 16.7 Å². The van der Waals surface area contributed by atoms with Gasteiger partial charge in [0.25, 0.3) is 5.56 Å². The van der Waals surface area contributed by atoms with Crippen LogP contribution in [0.15, 0.2) is 41.3 Å². The maximum absolute atomic E-state index is 13.6. The molecule has 0 amide bonds. The fourth-order valence-electron chi connectivity index (χ4n) is 2.93. The van der Waals surface area contributed by atoms with Gasteiger partial charge in [-0.1, -0.05) is 0 Å². The highest BCUT2D eigenvalue weighted by atomic mass is 19.2. The van der Waals surface area contributed by atoms with Crippen LogP contribution in [0.3, 0.4) is 0 Å². The van der Waals surface area contributed by atoms with Gasteiger partial charge < -0.3 is 19.4 Å². The Morgan fingerprint density at radius 3 is 2.40 bits per heavy atom. The Balaban J connectivity index is 2.04. The fraction of sp³-hybridized carbons (Fsp3) is 0.238. The maximum Gasteiger partial charge on any atom is 0.279 e. The van der Waals surface area contributed by atoms with Gasteiger partial charge in [0.15, 0.2) is 17.5 Å². The molecule has 0 fully saturated rings. The lowest BCUT2D eigenvalue weighted by atomic mass is 10.2. The number of aromatic nitrogens is 2. The first-order valence-electron chi connectivity index (χ1n) is 8.96. The average Bonchev–Trinajstić information content (AvgIpc) is 2.71. The van der Waals surface area contributed by atoms with Crippen LogP contribution in [0, 0.1) is 24.4 Å². The molecule has 1 aromatic heterocycles. The first-order chi connectivity index (χ1) is 14.3. The third-order valence-corrected chi connectivity index (χ3v) is 4.44. The standard InChI is InChI=1S/C21H20F3N3O3/c1-12-6-15(30-3)4-5-18(12)25-21-26-20(28)14(11-29-2)10-27(21)9-13-7-16(22)19(24)17(23)8-13/h4-8,10H,9,11H2,1-3H3,(H,25,26,28). The quantitative estimate of drug-likeness (QED) is 0.588.